The van der Waals surface area contributed by atoms with Gasteiger partial charge < -0.3 is 20.1 Å². The lowest BCUT2D eigenvalue weighted by molar-refractivity contribution is -0.142. The first-order valence-electron chi connectivity index (χ1n) is 12.6. The number of hydrogen-bond acceptors (Lipinski definition) is 4. The van der Waals surface area contributed by atoms with Gasteiger partial charge in [-0.25, -0.2) is 4.79 Å². The van der Waals surface area contributed by atoms with Gasteiger partial charge in [0.05, 0.1) is 11.5 Å². The van der Waals surface area contributed by atoms with Crippen LogP contribution in [0.5, 0.6) is 0 Å². The van der Waals surface area contributed by atoms with Crippen LogP contribution in [0.1, 0.15) is 77.2 Å². The van der Waals surface area contributed by atoms with Gasteiger partial charge in [0, 0.05) is 19.1 Å². The van der Waals surface area contributed by atoms with E-state index in [9.17, 15) is 14.7 Å². The Morgan fingerprint density at radius 2 is 1.68 bits per heavy atom. The standard InChI is InChI=1S/C28H38N2O4/c1-27(2,3)34-26(32)29-21-14-18-30(19-15-21)25(31)24(28(33)16-7-4-8-17-28)23-13-9-11-20-10-5-6-12-22(20)23/h5-6,9-13,21,24,33H,4,7-8,14-19H2,1-3H3,(H,29,32). The van der Waals surface area contributed by atoms with E-state index in [0.29, 0.717) is 38.8 Å². The van der Waals surface area contributed by atoms with Crippen molar-refractivity contribution in [1.82, 2.24) is 10.2 Å². The molecular weight excluding hydrogens is 428 g/mol. The molecule has 1 aliphatic heterocycles. The molecule has 6 heteroatoms. The van der Waals surface area contributed by atoms with E-state index in [1.165, 1.54) is 0 Å². The summed E-state index contributed by atoms with van der Waals surface area (Å²) >= 11 is 0. The number of nitrogens with one attached hydrogen (secondary N) is 1. The third-order valence-electron chi connectivity index (χ3n) is 7.17. The maximum Gasteiger partial charge on any atom is 0.407 e. The number of amides is 2. The van der Waals surface area contributed by atoms with Crippen LogP contribution in [-0.2, 0) is 9.53 Å². The summed E-state index contributed by atoms with van der Waals surface area (Å²) in [5.74, 6) is -0.592. The van der Waals surface area contributed by atoms with Crippen molar-refractivity contribution in [3.05, 3.63) is 48.0 Å². The van der Waals surface area contributed by atoms with Gasteiger partial charge in [-0.1, -0.05) is 61.7 Å². The molecule has 2 aromatic rings. The Hall–Kier alpha value is -2.60. The van der Waals surface area contributed by atoms with Gasteiger partial charge in [0.2, 0.25) is 5.91 Å². The number of hydrogen-bond donors (Lipinski definition) is 2. The van der Waals surface area contributed by atoms with E-state index in [1.807, 2.05) is 56.0 Å². The van der Waals surface area contributed by atoms with Gasteiger partial charge in [-0.2, -0.15) is 0 Å². The summed E-state index contributed by atoms with van der Waals surface area (Å²) in [6, 6.07) is 14.1. The molecule has 4 rings (SSSR count). The third kappa shape index (κ3) is 5.54. The molecule has 1 saturated heterocycles. The first-order valence-corrected chi connectivity index (χ1v) is 12.6. The molecule has 1 heterocycles. The van der Waals surface area contributed by atoms with Crippen LogP contribution in [0.2, 0.25) is 0 Å². The topological polar surface area (TPSA) is 78.9 Å². The second-order valence-electron chi connectivity index (χ2n) is 10.9. The van der Waals surface area contributed by atoms with Gasteiger partial charge in [-0.05, 0) is 62.8 Å². The highest BCUT2D eigenvalue weighted by Crippen LogP contribution is 2.43. The number of rotatable bonds is 4. The van der Waals surface area contributed by atoms with E-state index in [0.717, 1.165) is 35.6 Å². The zero-order valence-electron chi connectivity index (χ0n) is 20.7. The lowest BCUT2D eigenvalue weighted by Gasteiger charge is -2.42. The summed E-state index contributed by atoms with van der Waals surface area (Å²) < 4.78 is 5.38. The largest absolute Gasteiger partial charge is 0.444 e. The van der Waals surface area contributed by atoms with Crippen molar-refractivity contribution < 1.29 is 19.4 Å². The van der Waals surface area contributed by atoms with Crippen molar-refractivity contribution in [2.45, 2.75) is 88.9 Å². The van der Waals surface area contributed by atoms with Crippen LogP contribution in [-0.4, -0.2) is 52.3 Å². The Labute approximate surface area is 202 Å². The number of fused-ring (bicyclic) bond motifs is 1. The lowest BCUT2D eigenvalue weighted by Crippen LogP contribution is -2.52. The van der Waals surface area contributed by atoms with E-state index < -0.39 is 23.2 Å². The maximum absolute atomic E-state index is 14.0. The quantitative estimate of drug-likeness (QED) is 0.654. The maximum atomic E-state index is 14.0. The second kappa shape index (κ2) is 9.95. The minimum absolute atomic E-state index is 0.00327. The summed E-state index contributed by atoms with van der Waals surface area (Å²) in [6.07, 6.45) is 5.19. The van der Waals surface area contributed by atoms with Crippen molar-refractivity contribution >= 4 is 22.8 Å². The minimum Gasteiger partial charge on any atom is -0.444 e. The fourth-order valence-electron chi connectivity index (χ4n) is 5.51. The van der Waals surface area contributed by atoms with Crippen LogP contribution < -0.4 is 5.32 Å². The highest BCUT2D eigenvalue weighted by Gasteiger charge is 2.45. The second-order valence-corrected chi connectivity index (χ2v) is 10.9. The highest BCUT2D eigenvalue weighted by molar-refractivity contribution is 5.94. The number of piperidine rings is 1. The molecule has 0 spiro atoms. The summed E-state index contributed by atoms with van der Waals surface area (Å²) in [6.45, 7) is 6.64. The number of alkyl carbamates (subject to hydrolysis) is 1. The minimum atomic E-state index is -1.04. The molecular formula is C28H38N2O4. The molecule has 184 valence electrons. The van der Waals surface area contributed by atoms with E-state index in [1.54, 1.807) is 0 Å². The molecule has 1 aliphatic carbocycles. The van der Waals surface area contributed by atoms with Gasteiger partial charge in [-0.3, -0.25) is 4.79 Å². The fraction of sp³-hybridized carbons (Fsp3) is 0.571. The summed E-state index contributed by atoms with van der Waals surface area (Å²) in [4.78, 5) is 28.1. The summed E-state index contributed by atoms with van der Waals surface area (Å²) in [5.41, 5.74) is -0.658. The van der Waals surface area contributed by atoms with Crippen molar-refractivity contribution in [1.29, 1.82) is 0 Å². The summed E-state index contributed by atoms with van der Waals surface area (Å²) in [7, 11) is 0. The third-order valence-corrected chi connectivity index (χ3v) is 7.17. The molecule has 0 radical (unpaired) electrons. The van der Waals surface area contributed by atoms with Gasteiger partial charge in [0.1, 0.15) is 5.60 Å². The van der Waals surface area contributed by atoms with E-state index in [2.05, 4.69) is 17.4 Å². The molecule has 6 nitrogen and oxygen atoms in total. The number of likely N-dealkylation sites (tertiary alicyclic amines) is 1. The molecule has 2 aromatic carbocycles. The highest BCUT2D eigenvalue weighted by atomic mass is 16.6. The van der Waals surface area contributed by atoms with Crippen LogP contribution in [0.3, 0.4) is 0 Å². The van der Waals surface area contributed by atoms with E-state index in [4.69, 9.17) is 4.74 Å². The number of carbonyl (C=O) groups is 2. The average Bonchev–Trinajstić information content (AvgIpc) is 2.79. The zero-order valence-corrected chi connectivity index (χ0v) is 20.7. The SMILES string of the molecule is CC(C)(C)OC(=O)NC1CCN(C(=O)C(c2cccc3ccccc23)C2(O)CCCCC2)CC1. The van der Waals surface area contributed by atoms with E-state index in [-0.39, 0.29) is 11.9 Å². The van der Waals surface area contributed by atoms with E-state index >= 15 is 0 Å². The molecule has 2 amide bonds. The Balaban J connectivity index is 1.54. The molecule has 2 N–H and O–H groups in total. The van der Waals surface area contributed by atoms with Crippen LogP contribution in [0.15, 0.2) is 42.5 Å². The Morgan fingerprint density at radius 3 is 2.35 bits per heavy atom. The molecule has 34 heavy (non-hydrogen) atoms. The van der Waals surface area contributed by atoms with Crippen LogP contribution in [0, 0.1) is 0 Å². The predicted molar refractivity (Wildman–Crippen MR) is 134 cm³/mol. The van der Waals surface area contributed by atoms with Crippen LogP contribution in [0.25, 0.3) is 10.8 Å². The first-order chi connectivity index (χ1) is 16.2. The number of benzene rings is 2. The Kier molecular flexibility index (Phi) is 7.17. The molecule has 0 bridgehead atoms. The van der Waals surface area contributed by atoms with Crippen molar-refractivity contribution in [3.63, 3.8) is 0 Å². The first kappa shape index (κ1) is 24.5. The van der Waals surface area contributed by atoms with Crippen LogP contribution >= 0.6 is 0 Å². The number of carbonyl (C=O) groups excluding carboxylic acids is 2. The molecule has 0 aromatic heterocycles. The number of nitrogens with zero attached hydrogens (tertiary/aromatic N) is 1. The molecule has 1 atom stereocenters. The van der Waals surface area contributed by atoms with Gasteiger partial charge in [0.15, 0.2) is 0 Å². The van der Waals surface area contributed by atoms with Gasteiger partial charge in [-0.15, -0.1) is 0 Å². The fourth-order valence-corrected chi connectivity index (χ4v) is 5.51. The molecule has 2 aliphatic rings. The Morgan fingerprint density at radius 1 is 1.03 bits per heavy atom. The predicted octanol–water partition coefficient (Wildman–Crippen LogP) is 5.13. The molecule has 1 saturated carbocycles. The van der Waals surface area contributed by atoms with Gasteiger partial charge in [0.25, 0.3) is 0 Å². The average molecular weight is 467 g/mol. The number of ether oxygens (including phenoxy) is 1. The van der Waals surface area contributed by atoms with Crippen molar-refractivity contribution in [2.75, 3.05) is 13.1 Å². The number of aliphatic hydroxyl groups is 1. The monoisotopic (exact) mass is 466 g/mol. The van der Waals surface area contributed by atoms with Crippen molar-refractivity contribution in [2.24, 2.45) is 0 Å². The van der Waals surface area contributed by atoms with Crippen LogP contribution in [0.4, 0.5) is 4.79 Å². The summed E-state index contributed by atoms with van der Waals surface area (Å²) in [5, 5.41) is 16.9. The smallest absolute Gasteiger partial charge is 0.407 e. The Bertz CT molecular complexity index is 1010. The lowest BCUT2D eigenvalue weighted by atomic mass is 9.71. The zero-order chi connectivity index (χ0) is 24.3. The van der Waals surface area contributed by atoms with Crippen molar-refractivity contribution in [3.8, 4) is 0 Å². The molecule has 1 unspecified atom stereocenters. The molecule has 2 fully saturated rings. The normalized spacial score (nSPS) is 20.1. The van der Waals surface area contributed by atoms with Gasteiger partial charge >= 0.3 is 6.09 Å².